The van der Waals surface area contributed by atoms with Crippen molar-refractivity contribution in [3.63, 3.8) is 0 Å². The summed E-state index contributed by atoms with van der Waals surface area (Å²) in [5.74, 6) is 0.849. The Morgan fingerprint density at radius 3 is 3.30 bits per heavy atom. The monoisotopic (exact) mass is 138 g/mol. The third kappa shape index (κ3) is 2.03. The van der Waals surface area contributed by atoms with Crippen LogP contribution in [0.25, 0.3) is 0 Å². The Labute approximate surface area is 59.7 Å². The maximum absolute atomic E-state index is 4.83. The quantitative estimate of drug-likeness (QED) is 0.497. The maximum Gasteiger partial charge on any atom is 0.150 e. The van der Waals surface area contributed by atoms with Crippen LogP contribution in [0.15, 0.2) is 29.4 Å². The molecule has 3 heteroatoms. The van der Waals surface area contributed by atoms with Crippen LogP contribution in [0.4, 0.5) is 0 Å². The second-order valence-electron chi connectivity index (χ2n) is 1.90. The standard InChI is InChI=1S/C7H10N2O/c1-2-4-8-6-7-3-5-9-10-7/h2-3,5,8H,1,4,6H2. The first kappa shape index (κ1) is 7.02. The van der Waals surface area contributed by atoms with Gasteiger partial charge in [0.05, 0.1) is 12.7 Å². The summed E-state index contributed by atoms with van der Waals surface area (Å²) in [7, 11) is 0. The molecule has 0 saturated heterocycles. The zero-order valence-electron chi connectivity index (χ0n) is 5.71. The molecule has 0 saturated carbocycles. The van der Waals surface area contributed by atoms with Crippen LogP contribution in [-0.4, -0.2) is 11.7 Å². The zero-order chi connectivity index (χ0) is 7.23. The average molecular weight is 138 g/mol. The van der Waals surface area contributed by atoms with Crippen LogP contribution in [0, 0.1) is 0 Å². The predicted octanol–water partition coefficient (Wildman–Crippen LogP) is 0.950. The van der Waals surface area contributed by atoms with E-state index in [-0.39, 0.29) is 0 Å². The van der Waals surface area contributed by atoms with Crippen molar-refractivity contribution in [2.45, 2.75) is 6.54 Å². The summed E-state index contributed by atoms with van der Waals surface area (Å²) in [5, 5.41) is 6.65. The Hall–Kier alpha value is -1.09. The van der Waals surface area contributed by atoms with E-state index in [1.165, 1.54) is 0 Å². The molecule has 0 bridgehead atoms. The Balaban J connectivity index is 2.21. The highest BCUT2D eigenvalue weighted by molar-refractivity contribution is 4.92. The lowest BCUT2D eigenvalue weighted by atomic mass is 10.4. The highest BCUT2D eigenvalue weighted by atomic mass is 16.5. The van der Waals surface area contributed by atoms with Gasteiger partial charge in [-0.1, -0.05) is 11.2 Å². The molecular formula is C7H10N2O. The van der Waals surface area contributed by atoms with Crippen molar-refractivity contribution >= 4 is 0 Å². The van der Waals surface area contributed by atoms with Crippen LogP contribution in [0.1, 0.15) is 5.76 Å². The van der Waals surface area contributed by atoms with E-state index in [2.05, 4.69) is 17.1 Å². The van der Waals surface area contributed by atoms with Crippen molar-refractivity contribution in [2.24, 2.45) is 0 Å². The average Bonchev–Trinajstić information content (AvgIpc) is 2.41. The molecule has 0 spiro atoms. The summed E-state index contributed by atoms with van der Waals surface area (Å²) in [4.78, 5) is 0. The molecule has 1 heterocycles. The van der Waals surface area contributed by atoms with Gasteiger partial charge < -0.3 is 9.84 Å². The molecule has 0 amide bonds. The SMILES string of the molecule is C=CCNCc1ccno1. The van der Waals surface area contributed by atoms with E-state index in [1.54, 1.807) is 12.3 Å². The van der Waals surface area contributed by atoms with E-state index in [9.17, 15) is 0 Å². The Morgan fingerprint density at radius 2 is 2.70 bits per heavy atom. The van der Waals surface area contributed by atoms with Gasteiger partial charge in [-0.2, -0.15) is 0 Å². The van der Waals surface area contributed by atoms with Crippen LogP contribution in [-0.2, 0) is 6.54 Å². The van der Waals surface area contributed by atoms with Gasteiger partial charge in [-0.15, -0.1) is 6.58 Å². The number of nitrogens with zero attached hydrogens (tertiary/aromatic N) is 1. The lowest BCUT2D eigenvalue weighted by molar-refractivity contribution is 0.375. The van der Waals surface area contributed by atoms with E-state index < -0.39 is 0 Å². The molecule has 1 aromatic heterocycles. The number of rotatable bonds is 4. The highest BCUT2D eigenvalue weighted by Crippen LogP contribution is 1.93. The largest absolute Gasteiger partial charge is 0.360 e. The minimum atomic E-state index is 0.714. The molecule has 0 atom stereocenters. The minimum Gasteiger partial charge on any atom is -0.360 e. The van der Waals surface area contributed by atoms with Crippen LogP contribution < -0.4 is 5.32 Å². The van der Waals surface area contributed by atoms with Gasteiger partial charge >= 0.3 is 0 Å². The zero-order valence-corrected chi connectivity index (χ0v) is 5.71. The molecule has 0 aliphatic rings. The van der Waals surface area contributed by atoms with Crippen LogP contribution >= 0.6 is 0 Å². The van der Waals surface area contributed by atoms with E-state index in [4.69, 9.17) is 4.52 Å². The molecule has 0 radical (unpaired) electrons. The van der Waals surface area contributed by atoms with Crippen LogP contribution in [0.5, 0.6) is 0 Å². The van der Waals surface area contributed by atoms with Gasteiger partial charge in [-0.25, -0.2) is 0 Å². The molecule has 1 N–H and O–H groups in total. The molecule has 10 heavy (non-hydrogen) atoms. The second-order valence-corrected chi connectivity index (χ2v) is 1.90. The predicted molar refractivity (Wildman–Crippen MR) is 38.4 cm³/mol. The van der Waals surface area contributed by atoms with Gasteiger partial charge in [-0.3, -0.25) is 0 Å². The third-order valence-corrected chi connectivity index (χ3v) is 1.08. The number of hydrogen-bond donors (Lipinski definition) is 1. The van der Waals surface area contributed by atoms with Crippen molar-refractivity contribution in [3.8, 4) is 0 Å². The first-order valence-corrected chi connectivity index (χ1v) is 3.14. The van der Waals surface area contributed by atoms with Gasteiger partial charge in [0, 0.05) is 12.6 Å². The molecule has 0 aromatic carbocycles. The van der Waals surface area contributed by atoms with Gasteiger partial charge in [0.2, 0.25) is 0 Å². The molecule has 3 nitrogen and oxygen atoms in total. The molecule has 1 rings (SSSR count). The van der Waals surface area contributed by atoms with Crippen LogP contribution in [0.3, 0.4) is 0 Å². The Bertz CT molecular complexity index is 181. The van der Waals surface area contributed by atoms with Crippen molar-refractivity contribution in [1.29, 1.82) is 0 Å². The second kappa shape index (κ2) is 3.85. The maximum atomic E-state index is 4.83. The fraction of sp³-hybridized carbons (Fsp3) is 0.286. The summed E-state index contributed by atoms with van der Waals surface area (Å²) in [6, 6.07) is 1.83. The fourth-order valence-corrected chi connectivity index (χ4v) is 0.631. The van der Waals surface area contributed by atoms with E-state index in [1.807, 2.05) is 6.07 Å². The topological polar surface area (TPSA) is 38.1 Å². The van der Waals surface area contributed by atoms with E-state index in [0.29, 0.717) is 6.54 Å². The van der Waals surface area contributed by atoms with Crippen molar-refractivity contribution in [3.05, 3.63) is 30.7 Å². The lowest BCUT2D eigenvalue weighted by Gasteiger charge is -1.93. The molecule has 0 aliphatic heterocycles. The lowest BCUT2D eigenvalue weighted by Crippen LogP contribution is -2.11. The highest BCUT2D eigenvalue weighted by Gasteiger charge is 1.92. The van der Waals surface area contributed by atoms with Gasteiger partial charge in [0.1, 0.15) is 5.76 Å². The van der Waals surface area contributed by atoms with Crippen molar-refractivity contribution in [1.82, 2.24) is 10.5 Å². The Kier molecular flexibility index (Phi) is 2.70. The number of aromatic nitrogens is 1. The first-order valence-electron chi connectivity index (χ1n) is 3.14. The molecule has 0 unspecified atom stereocenters. The molecule has 0 aliphatic carbocycles. The third-order valence-electron chi connectivity index (χ3n) is 1.08. The molecule has 1 aromatic rings. The van der Waals surface area contributed by atoms with Crippen molar-refractivity contribution < 1.29 is 4.52 Å². The van der Waals surface area contributed by atoms with Gasteiger partial charge in [0.15, 0.2) is 0 Å². The van der Waals surface area contributed by atoms with Gasteiger partial charge in [-0.05, 0) is 0 Å². The first-order chi connectivity index (χ1) is 4.93. The summed E-state index contributed by atoms with van der Waals surface area (Å²) in [6.45, 7) is 5.08. The summed E-state index contributed by atoms with van der Waals surface area (Å²) >= 11 is 0. The minimum absolute atomic E-state index is 0.714. The molecule has 54 valence electrons. The Morgan fingerprint density at radius 1 is 1.80 bits per heavy atom. The molecular weight excluding hydrogens is 128 g/mol. The normalized spacial score (nSPS) is 9.60. The molecule has 0 fully saturated rings. The number of nitrogens with one attached hydrogen (secondary N) is 1. The van der Waals surface area contributed by atoms with Crippen molar-refractivity contribution in [2.75, 3.05) is 6.54 Å². The summed E-state index contributed by atoms with van der Waals surface area (Å²) in [6.07, 6.45) is 3.43. The van der Waals surface area contributed by atoms with Crippen LogP contribution in [0.2, 0.25) is 0 Å². The smallest absolute Gasteiger partial charge is 0.150 e. The number of hydrogen-bond acceptors (Lipinski definition) is 3. The fourth-order valence-electron chi connectivity index (χ4n) is 0.631. The summed E-state index contributed by atoms with van der Waals surface area (Å²) < 4.78 is 4.83. The van der Waals surface area contributed by atoms with Gasteiger partial charge in [0.25, 0.3) is 0 Å². The van der Waals surface area contributed by atoms with E-state index >= 15 is 0 Å². The van der Waals surface area contributed by atoms with E-state index in [0.717, 1.165) is 12.3 Å². The summed E-state index contributed by atoms with van der Waals surface area (Å²) in [5.41, 5.74) is 0.